The predicted octanol–water partition coefficient (Wildman–Crippen LogP) is -0.537. The molecule has 0 amide bonds. The highest BCUT2D eigenvalue weighted by Crippen LogP contribution is 2.35. The monoisotopic (exact) mass is 189 g/mol. The quantitative estimate of drug-likeness (QED) is 0.503. The molecule has 2 bridgehead atoms. The fraction of sp³-hybridized carbons (Fsp3) is 1.00. The van der Waals surface area contributed by atoms with Crippen LogP contribution in [0.25, 0.3) is 0 Å². The van der Waals surface area contributed by atoms with Crippen molar-refractivity contribution in [2.24, 2.45) is 17.6 Å². The van der Waals surface area contributed by atoms with Gasteiger partial charge in [0.1, 0.15) is 11.5 Å². The normalized spacial score (nSPS) is 53.8. The average Bonchev–Trinajstić information content (AvgIpc) is 1.94. The summed E-state index contributed by atoms with van der Waals surface area (Å²) in [5, 5.41) is 9.73. The molecule has 0 aromatic heterocycles. The van der Waals surface area contributed by atoms with Crippen molar-refractivity contribution in [3.05, 3.63) is 0 Å². The zero-order valence-corrected chi connectivity index (χ0v) is 7.80. The predicted molar refractivity (Wildman–Crippen MR) is 48.1 cm³/mol. The zero-order chi connectivity index (χ0) is 8.72. The lowest BCUT2D eigenvalue weighted by Crippen LogP contribution is -2.51. The molecule has 1 heterocycles. The molecule has 4 heteroatoms. The number of aliphatic hydroxyl groups is 1. The van der Waals surface area contributed by atoms with Crippen molar-refractivity contribution < 1.29 is 9.66 Å². The van der Waals surface area contributed by atoms with Crippen molar-refractivity contribution in [1.29, 1.82) is 0 Å². The molecule has 2 fully saturated rings. The van der Waals surface area contributed by atoms with Gasteiger partial charge in [0.05, 0.1) is 6.10 Å². The Hall–Kier alpha value is 0.230. The summed E-state index contributed by atoms with van der Waals surface area (Å²) in [6.07, 6.45) is 1.47. The van der Waals surface area contributed by atoms with Crippen molar-refractivity contribution >= 4 is 11.2 Å². The summed E-state index contributed by atoms with van der Waals surface area (Å²) in [5.74, 6) is 1.72. The second-order valence-corrected chi connectivity index (χ2v) is 5.56. The van der Waals surface area contributed by atoms with Crippen molar-refractivity contribution in [3.8, 4) is 0 Å². The van der Waals surface area contributed by atoms with E-state index >= 15 is 0 Å². The van der Waals surface area contributed by atoms with Crippen LogP contribution in [0.15, 0.2) is 0 Å². The largest absolute Gasteiger partial charge is 0.616 e. The van der Waals surface area contributed by atoms with Gasteiger partial charge in [0.25, 0.3) is 0 Å². The van der Waals surface area contributed by atoms with Crippen LogP contribution >= 0.6 is 0 Å². The Labute approximate surface area is 75.5 Å². The highest BCUT2D eigenvalue weighted by atomic mass is 32.2. The molecule has 3 N–H and O–H groups in total. The van der Waals surface area contributed by atoms with Gasteiger partial charge in [-0.25, -0.2) is 0 Å². The number of rotatable bonds is 0. The lowest BCUT2D eigenvalue weighted by atomic mass is 9.78. The lowest BCUT2D eigenvalue weighted by molar-refractivity contribution is 0.0229. The fourth-order valence-corrected chi connectivity index (χ4v) is 4.17. The topological polar surface area (TPSA) is 69.3 Å². The summed E-state index contributed by atoms with van der Waals surface area (Å²) in [6, 6.07) is 0.223. The zero-order valence-electron chi connectivity index (χ0n) is 6.98. The first kappa shape index (κ1) is 8.81. The molecule has 3 nitrogen and oxygen atoms in total. The SMILES string of the molecule is N[C@@H]1C[C@@H]2C[S+]([O-])C[C@H](C1)C2O. The lowest BCUT2D eigenvalue weighted by Gasteiger charge is -2.41. The minimum atomic E-state index is -0.700. The Morgan fingerprint density at radius 2 is 1.75 bits per heavy atom. The first-order chi connectivity index (χ1) is 5.66. The van der Waals surface area contributed by atoms with Crippen LogP contribution in [0.2, 0.25) is 0 Å². The Balaban J connectivity index is 2.08. The first-order valence-corrected chi connectivity index (χ1v) is 5.94. The molecule has 1 saturated heterocycles. The van der Waals surface area contributed by atoms with Gasteiger partial charge < -0.3 is 15.4 Å². The molecule has 70 valence electrons. The second kappa shape index (κ2) is 3.18. The summed E-state index contributed by atoms with van der Waals surface area (Å²) in [7, 11) is 0. The maximum atomic E-state index is 11.3. The third kappa shape index (κ3) is 1.48. The molecule has 0 radical (unpaired) electrons. The van der Waals surface area contributed by atoms with E-state index < -0.39 is 11.2 Å². The van der Waals surface area contributed by atoms with E-state index in [0.29, 0.717) is 11.5 Å². The number of fused-ring (bicyclic) bond motifs is 2. The first-order valence-electron chi connectivity index (χ1n) is 4.45. The molecular weight excluding hydrogens is 174 g/mol. The highest BCUT2D eigenvalue weighted by molar-refractivity contribution is 7.91. The molecule has 1 saturated carbocycles. The Kier molecular flexibility index (Phi) is 2.33. The van der Waals surface area contributed by atoms with Crippen LogP contribution < -0.4 is 5.73 Å². The Morgan fingerprint density at radius 3 is 2.25 bits per heavy atom. The van der Waals surface area contributed by atoms with E-state index in [2.05, 4.69) is 0 Å². The number of hydrogen-bond donors (Lipinski definition) is 2. The van der Waals surface area contributed by atoms with E-state index in [1.165, 1.54) is 0 Å². The van der Waals surface area contributed by atoms with Gasteiger partial charge in [-0.1, -0.05) is 11.2 Å². The van der Waals surface area contributed by atoms with E-state index in [1.54, 1.807) is 0 Å². The van der Waals surface area contributed by atoms with Crippen LogP contribution in [0.3, 0.4) is 0 Å². The summed E-state index contributed by atoms with van der Waals surface area (Å²) < 4.78 is 11.3. The molecule has 2 unspecified atom stereocenters. The van der Waals surface area contributed by atoms with Crippen LogP contribution in [-0.4, -0.2) is 33.3 Å². The van der Waals surface area contributed by atoms with Crippen LogP contribution in [0.4, 0.5) is 0 Å². The van der Waals surface area contributed by atoms with E-state index in [-0.39, 0.29) is 24.0 Å². The van der Waals surface area contributed by atoms with Gasteiger partial charge in [0.2, 0.25) is 0 Å². The van der Waals surface area contributed by atoms with Gasteiger partial charge in [0.15, 0.2) is 0 Å². The van der Waals surface area contributed by atoms with Gasteiger partial charge in [-0.05, 0) is 12.8 Å². The average molecular weight is 189 g/mol. The maximum Gasteiger partial charge on any atom is 0.110 e. The Bertz CT molecular complexity index is 148. The van der Waals surface area contributed by atoms with Crippen molar-refractivity contribution in [2.45, 2.75) is 25.0 Å². The third-order valence-electron chi connectivity index (χ3n) is 2.98. The number of aliphatic hydroxyl groups excluding tert-OH is 1. The van der Waals surface area contributed by atoms with E-state index in [9.17, 15) is 9.66 Å². The molecule has 0 spiro atoms. The molecule has 1 aliphatic carbocycles. The van der Waals surface area contributed by atoms with Crippen molar-refractivity contribution in [1.82, 2.24) is 0 Å². The molecule has 1 aliphatic heterocycles. The molecule has 5 atom stereocenters. The van der Waals surface area contributed by atoms with Gasteiger partial charge in [-0.2, -0.15) is 0 Å². The minimum Gasteiger partial charge on any atom is -0.616 e. The minimum absolute atomic E-state index is 0.202. The standard InChI is InChI=1S/C8H15NO2S/c9-7-1-5-3-12(11)4-6(2-7)8(5)10/h5-8,10H,1-4,9H2/t5-,6+,7-,8?,12?. The number of nitrogens with two attached hydrogens (primary N) is 1. The molecule has 2 aliphatic rings. The molecule has 0 aromatic rings. The highest BCUT2D eigenvalue weighted by Gasteiger charge is 2.43. The molecular formula is C8H15NO2S. The van der Waals surface area contributed by atoms with Crippen LogP contribution in [-0.2, 0) is 11.2 Å². The fourth-order valence-electron chi connectivity index (χ4n) is 2.42. The van der Waals surface area contributed by atoms with Gasteiger partial charge >= 0.3 is 0 Å². The number of hydrogen-bond acceptors (Lipinski definition) is 3. The van der Waals surface area contributed by atoms with E-state index in [0.717, 1.165) is 12.8 Å². The van der Waals surface area contributed by atoms with Crippen LogP contribution in [0.5, 0.6) is 0 Å². The van der Waals surface area contributed by atoms with Crippen molar-refractivity contribution in [3.63, 3.8) is 0 Å². The van der Waals surface area contributed by atoms with Gasteiger partial charge in [-0.3, -0.25) is 0 Å². The summed E-state index contributed by atoms with van der Waals surface area (Å²) in [5.41, 5.74) is 5.82. The molecule has 0 aromatic carbocycles. The Morgan fingerprint density at radius 1 is 1.25 bits per heavy atom. The summed E-state index contributed by atoms with van der Waals surface area (Å²) >= 11 is -0.700. The van der Waals surface area contributed by atoms with Gasteiger partial charge in [-0.15, -0.1) is 0 Å². The van der Waals surface area contributed by atoms with E-state index in [1.807, 2.05) is 0 Å². The summed E-state index contributed by atoms with van der Waals surface area (Å²) in [4.78, 5) is 0. The van der Waals surface area contributed by atoms with Crippen LogP contribution in [0.1, 0.15) is 12.8 Å². The summed E-state index contributed by atoms with van der Waals surface area (Å²) in [6.45, 7) is 0. The third-order valence-corrected chi connectivity index (χ3v) is 4.58. The second-order valence-electron chi connectivity index (χ2n) is 4.02. The van der Waals surface area contributed by atoms with Crippen LogP contribution in [0, 0.1) is 11.8 Å². The smallest absolute Gasteiger partial charge is 0.110 e. The van der Waals surface area contributed by atoms with Crippen molar-refractivity contribution in [2.75, 3.05) is 11.5 Å². The maximum absolute atomic E-state index is 11.3. The molecule has 12 heavy (non-hydrogen) atoms. The molecule has 2 rings (SSSR count). The van der Waals surface area contributed by atoms with Gasteiger partial charge in [0, 0.05) is 17.9 Å². The van der Waals surface area contributed by atoms with E-state index in [4.69, 9.17) is 5.73 Å².